The largest absolute Gasteiger partial charge is 1.00 e. The zero-order chi connectivity index (χ0) is 16.7. The van der Waals surface area contributed by atoms with E-state index in [2.05, 4.69) is 11.1 Å². The van der Waals surface area contributed by atoms with Gasteiger partial charge in [0.15, 0.2) is 0 Å². The monoisotopic (exact) mass is 350 g/mol. The Morgan fingerprint density at radius 2 is 1.55 bits per heavy atom. The van der Waals surface area contributed by atoms with Gasteiger partial charge >= 0.3 is 45.9 Å². The summed E-state index contributed by atoms with van der Waals surface area (Å²) in [6.07, 6.45) is 5.57. The molecule has 0 aliphatic rings. The quantitative estimate of drug-likeness (QED) is 0.242. The van der Waals surface area contributed by atoms with Crippen molar-refractivity contribution in [3.05, 3.63) is 0 Å². The molecular formula is C12H23NaO8S. The summed E-state index contributed by atoms with van der Waals surface area (Å²) in [6.45, 7) is 2.23. The van der Waals surface area contributed by atoms with Crippen LogP contribution < -0.4 is 34.7 Å². The van der Waals surface area contributed by atoms with E-state index in [1.807, 2.05) is 0 Å². The molecule has 0 amide bonds. The summed E-state index contributed by atoms with van der Waals surface area (Å²) < 4.78 is 32.6. The molecule has 0 bridgehead atoms. The van der Waals surface area contributed by atoms with Gasteiger partial charge in [-0.05, 0) is 12.8 Å². The molecule has 0 saturated carbocycles. The number of carbonyl (C=O) groups is 2. The second-order valence-electron chi connectivity index (χ2n) is 4.28. The summed E-state index contributed by atoms with van der Waals surface area (Å²) in [5.74, 6) is -2.44. The first kappa shape index (κ1) is 26.7. The Kier molecular flexibility index (Phi) is 20.8. The Morgan fingerprint density at radius 3 is 1.91 bits per heavy atom. The molecule has 10 heteroatoms. The predicted molar refractivity (Wildman–Crippen MR) is 72.8 cm³/mol. The third kappa shape index (κ3) is 32.0. The van der Waals surface area contributed by atoms with Gasteiger partial charge in [-0.1, -0.05) is 39.0 Å². The second-order valence-corrected chi connectivity index (χ2v) is 5.37. The van der Waals surface area contributed by atoms with Gasteiger partial charge < -0.3 is 15.0 Å². The number of aliphatic carboxylic acids is 2. The molecule has 2 N–H and O–H groups in total. The van der Waals surface area contributed by atoms with Crippen LogP contribution in [0, 0.1) is 0 Å². The molecule has 0 aromatic rings. The summed E-state index contributed by atoms with van der Waals surface area (Å²) in [7, 11) is -4.22. The van der Waals surface area contributed by atoms with Crippen LogP contribution in [0.25, 0.3) is 0 Å². The minimum atomic E-state index is -4.22. The molecule has 0 rings (SSSR count). The number of carbonyl (C=O) groups excluding carboxylic acids is 1. The summed E-state index contributed by atoms with van der Waals surface area (Å²) in [5, 5.41) is 17.4. The van der Waals surface area contributed by atoms with Crippen LogP contribution in [0.15, 0.2) is 0 Å². The second kappa shape index (κ2) is 17.2. The number of carboxylic acids is 2. The SMILES string of the molecule is CCCCCCCCOS(=O)(=O)O.O=C([O-])CCC(=O)O.[Na+]. The van der Waals surface area contributed by atoms with Gasteiger partial charge in [0, 0.05) is 5.97 Å². The predicted octanol–water partition coefficient (Wildman–Crippen LogP) is -2.23. The minimum absolute atomic E-state index is 0. The van der Waals surface area contributed by atoms with E-state index < -0.39 is 28.8 Å². The van der Waals surface area contributed by atoms with Crippen molar-refractivity contribution in [3.63, 3.8) is 0 Å². The van der Waals surface area contributed by atoms with E-state index in [9.17, 15) is 23.1 Å². The van der Waals surface area contributed by atoms with Gasteiger partial charge in [-0.15, -0.1) is 0 Å². The number of unbranched alkanes of at least 4 members (excludes halogenated alkanes) is 5. The Bertz CT molecular complexity index is 369. The van der Waals surface area contributed by atoms with Crippen molar-refractivity contribution in [3.8, 4) is 0 Å². The van der Waals surface area contributed by atoms with E-state index in [4.69, 9.17) is 9.66 Å². The van der Waals surface area contributed by atoms with Crippen molar-refractivity contribution in [1.82, 2.24) is 0 Å². The van der Waals surface area contributed by atoms with E-state index in [-0.39, 0.29) is 42.6 Å². The number of rotatable bonds is 11. The molecule has 0 aliphatic heterocycles. The van der Waals surface area contributed by atoms with Crippen LogP contribution in [0.1, 0.15) is 58.3 Å². The maximum atomic E-state index is 10.1. The van der Waals surface area contributed by atoms with Crippen molar-refractivity contribution in [1.29, 1.82) is 0 Å². The fraction of sp³-hybridized carbons (Fsp3) is 0.833. The molecule has 0 aromatic heterocycles. The van der Waals surface area contributed by atoms with E-state index in [1.165, 1.54) is 19.3 Å². The van der Waals surface area contributed by atoms with Crippen LogP contribution in [0.4, 0.5) is 0 Å². The zero-order valence-electron chi connectivity index (χ0n) is 13.1. The fourth-order valence-electron chi connectivity index (χ4n) is 1.26. The van der Waals surface area contributed by atoms with Crippen molar-refractivity contribution in [2.75, 3.05) is 6.61 Å². The van der Waals surface area contributed by atoms with Gasteiger partial charge in [0.1, 0.15) is 0 Å². The summed E-state index contributed by atoms with van der Waals surface area (Å²) >= 11 is 0. The smallest absolute Gasteiger partial charge is 0.550 e. The number of hydrogen-bond donors (Lipinski definition) is 2. The molecule has 8 nitrogen and oxygen atoms in total. The van der Waals surface area contributed by atoms with Crippen molar-refractivity contribution in [2.45, 2.75) is 58.3 Å². The molecule has 0 saturated heterocycles. The standard InChI is InChI=1S/C8H18O4S.C4H6O4.Na/c1-2-3-4-5-6-7-8-12-13(9,10)11;5-3(6)1-2-4(7)8;/h2-8H2,1H3,(H,9,10,11);1-2H2,(H,5,6)(H,7,8);/q;;+1/p-1. The van der Waals surface area contributed by atoms with E-state index in [0.717, 1.165) is 12.8 Å². The Labute approximate surface area is 153 Å². The zero-order valence-corrected chi connectivity index (χ0v) is 15.9. The average Bonchev–Trinajstić information content (AvgIpc) is 2.35. The number of hydrogen-bond acceptors (Lipinski definition) is 6. The molecule has 0 unspecified atom stereocenters. The van der Waals surface area contributed by atoms with Gasteiger partial charge in [-0.2, -0.15) is 8.42 Å². The molecule has 0 atom stereocenters. The third-order valence-electron chi connectivity index (χ3n) is 2.27. The summed E-state index contributed by atoms with van der Waals surface area (Å²) in [4.78, 5) is 19.1. The third-order valence-corrected chi connectivity index (χ3v) is 2.74. The Morgan fingerprint density at radius 1 is 1.05 bits per heavy atom. The fourth-order valence-corrected chi connectivity index (χ4v) is 1.58. The molecule has 0 heterocycles. The Balaban J connectivity index is -0.000000348. The maximum Gasteiger partial charge on any atom is 1.00 e. The Hall–Kier alpha value is -0.190. The molecule has 0 spiro atoms. The van der Waals surface area contributed by atoms with E-state index in [0.29, 0.717) is 6.42 Å². The molecule has 0 radical (unpaired) electrons. The summed E-state index contributed by atoms with van der Waals surface area (Å²) in [6, 6.07) is 0. The first-order chi connectivity index (χ1) is 9.69. The summed E-state index contributed by atoms with van der Waals surface area (Å²) in [5.41, 5.74) is 0. The molecule has 0 aliphatic carbocycles. The van der Waals surface area contributed by atoms with Crippen molar-refractivity contribution >= 4 is 22.3 Å². The van der Waals surface area contributed by atoms with E-state index in [1.54, 1.807) is 0 Å². The number of carboxylic acid groups (broad SMARTS) is 2. The molecule has 0 aromatic carbocycles. The molecule has 0 fully saturated rings. The van der Waals surface area contributed by atoms with Crippen molar-refractivity contribution < 1.29 is 66.5 Å². The van der Waals surface area contributed by atoms with E-state index >= 15 is 0 Å². The van der Waals surface area contributed by atoms with Gasteiger partial charge in [0.25, 0.3) is 0 Å². The average molecular weight is 350 g/mol. The van der Waals surface area contributed by atoms with Gasteiger partial charge in [0.2, 0.25) is 0 Å². The van der Waals surface area contributed by atoms with Crippen LogP contribution in [-0.4, -0.2) is 36.6 Å². The van der Waals surface area contributed by atoms with Gasteiger partial charge in [0.05, 0.1) is 13.0 Å². The first-order valence-electron chi connectivity index (χ1n) is 6.72. The molecule has 126 valence electrons. The minimum Gasteiger partial charge on any atom is -0.550 e. The van der Waals surface area contributed by atoms with Crippen LogP contribution in [0.2, 0.25) is 0 Å². The van der Waals surface area contributed by atoms with Crippen LogP contribution in [0.5, 0.6) is 0 Å². The normalized spacial score (nSPS) is 10.1. The maximum absolute atomic E-state index is 10.1. The van der Waals surface area contributed by atoms with Crippen LogP contribution in [-0.2, 0) is 24.2 Å². The van der Waals surface area contributed by atoms with Gasteiger partial charge in [-0.25, -0.2) is 4.18 Å². The van der Waals surface area contributed by atoms with Crippen LogP contribution >= 0.6 is 0 Å². The molecule has 22 heavy (non-hydrogen) atoms. The first-order valence-corrected chi connectivity index (χ1v) is 8.09. The van der Waals surface area contributed by atoms with Crippen LogP contribution in [0.3, 0.4) is 0 Å². The van der Waals surface area contributed by atoms with Gasteiger partial charge in [-0.3, -0.25) is 9.35 Å². The van der Waals surface area contributed by atoms with Crippen molar-refractivity contribution in [2.24, 2.45) is 0 Å². The molecular weight excluding hydrogens is 327 g/mol. The topological polar surface area (TPSA) is 141 Å².